The Bertz CT molecular complexity index is 849. The highest BCUT2D eigenvalue weighted by Crippen LogP contribution is 2.21. The molecule has 0 aliphatic carbocycles. The Morgan fingerprint density at radius 2 is 1.84 bits per heavy atom. The van der Waals surface area contributed by atoms with Crippen molar-refractivity contribution in [3.63, 3.8) is 0 Å². The van der Waals surface area contributed by atoms with E-state index in [1.54, 1.807) is 12.1 Å². The van der Waals surface area contributed by atoms with Crippen LogP contribution in [0.25, 0.3) is 5.69 Å². The first-order chi connectivity index (χ1) is 12.1. The Labute approximate surface area is 149 Å². The first-order valence-electron chi connectivity index (χ1n) is 7.75. The lowest BCUT2D eigenvalue weighted by molar-refractivity contribution is -0.118. The first kappa shape index (κ1) is 17.2. The van der Waals surface area contributed by atoms with Crippen molar-refractivity contribution >= 4 is 17.7 Å². The number of hydrogen-bond acceptors (Lipinski definition) is 4. The van der Waals surface area contributed by atoms with Crippen LogP contribution in [0, 0.1) is 12.7 Å². The van der Waals surface area contributed by atoms with E-state index in [2.05, 4.69) is 15.5 Å². The molecule has 0 unspecified atom stereocenters. The molecule has 3 aromatic rings. The fourth-order valence-electron chi connectivity index (χ4n) is 2.29. The largest absolute Gasteiger partial charge is 0.351 e. The van der Waals surface area contributed by atoms with Crippen LogP contribution < -0.4 is 5.32 Å². The van der Waals surface area contributed by atoms with Gasteiger partial charge in [-0.1, -0.05) is 42.1 Å². The summed E-state index contributed by atoms with van der Waals surface area (Å²) >= 11 is 1.33. The molecule has 0 radical (unpaired) electrons. The van der Waals surface area contributed by atoms with Gasteiger partial charge in [-0.3, -0.25) is 9.36 Å². The quantitative estimate of drug-likeness (QED) is 0.690. The number of aromatic nitrogens is 3. The van der Waals surface area contributed by atoms with Gasteiger partial charge in [-0.05, 0) is 36.8 Å². The van der Waals surface area contributed by atoms with E-state index >= 15 is 0 Å². The summed E-state index contributed by atoms with van der Waals surface area (Å²) in [6.07, 6.45) is 0. The Hall–Kier alpha value is -2.67. The standard InChI is InChI=1S/C18H17FN4OS/c1-13-21-22-18(23(13)16-5-3-2-4-6-16)25-12-17(24)20-11-14-7-9-15(19)10-8-14/h2-10H,11-12H2,1H3,(H,20,24). The van der Waals surface area contributed by atoms with Gasteiger partial charge in [-0.2, -0.15) is 0 Å². The Balaban J connectivity index is 1.58. The average Bonchev–Trinajstić information content (AvgIpc) is 3.01. The number of benzene rings is 2. The number of amides is 1. The van der Waals surface area contributed by atoms with Gasteiger partial charge < -0.3 is 5.32 Å². The van der Waals surface area contributed by atoms with Gasteiger partial charge in [0, 0.05) is 12.2 Å². The zero-order valence-corrected chi connectivity index (χ0v) is 14.5. The Morgan fingerprint density at radius 3 is 2.56 bits per heavy atom. The van der Waals surface area contributed by atoms with Crippen LogP contribution in [0.5, 0.6) is 0 Å². The molecule has 1 aromatic heterocycles. The van der Waals surface area contributed by atoms with Gasteiger partial charge in [0.15, 0.2) is 5.16 Å². The summed E-state index contributed by atoms with van der Waals surface area (Å²) in [6, 6.07) is 15.8. The second-order valence-corrected chi connectivity index (χ2v) is 6.34. The third kappa shape index (κ3) is 4.45. The van der Waals surface area contributed by atoms with Crippen LogP contribution >= 0.6 is 11.8 Å². The Kier molecular flexibility index (Phi) is 5.45. The maximum atomic E-state index is 12.9. The predicted octanol–water partition coefficient (Wildman–Crippen LogP) is 3.12. The minimum Gasteiger partial charge on any atom is -0.351 e. The van der Waals surface area contributed by atoms with E-state index in [0.717, 1.165) is 17.1 Å². The fourth-order valence-corrected chi connectivity index (χ4v) is 3.12. The van der Waals surface area contributed by atoms with Crippen LogP contribution in [0.15, 0.2) is 59.8 Å². The average molecular weight is 356 g/mol. The predicted molar refractivity (Wildman–Crippen MR) is 95.1 cm³/mol. The molecule has 0 bridgehead atoms. The summed E-state index contributed by atoms with van der Waals surface area (Å²) in [5, 5.41) is 11.7. The fraction of sp³-hybridized carbons (Fsp3) is 0.167. The van der Waals surface area contributed by atoms with E-state index in [1.807, 2.05) is 41.8 Å². The molecule has 1 N–H and O–H groups in total. The normalized spacial score (nSPS) is 10.6. The molecule has 0 saturated heterocycles. The number of thioether (sulfide) groups is 1. The summed E-state index contributed by atoms with van der Waals surface area (Å²) in [7, 11) is 0. The van der Waals surface area contributed by atoms with Gasteiger partial charge in [-0.25, -0.2) is 4.39 Å². The third-order valence-corrected chi connectivity index (χ3v) is 4.47. The van der Waals surface area contributed by atoms with Crippen LogP contribution in [0.1, 0.15) is 11.4 Å². The summed E-state index contributed by atoms with van der Waals surface area (Å²) in [5.74, 6) is 0.586. The van der Waals surface area contributed by atoms with Crippen molar-refractivity contribution in [2.24, 2.45) is 0 Å². The maximum Gasteiger partial charge on any atom is 0.230 e. The monoisotopic (exact) mass is 356 g/mol. The summed E-state index contributed by atoms with van der Waals surface area (Å²) in [6.45, 7) is 2.24. The number of carbonyl (C=O) groups excluding carboxylic acids is 1. The second kappa shape index (κ2) is 7.94. The highest BCUT2D eigenvalue weighted by Gasteiger charge is 2.13. The molecule has 0 fully saturated rings. The molecule has 25 heavy (non-hydrogen) atoms. The van der Waals surface area contributed by atoms with E-state index in [0.29, 0.717) is 11.7 Å². The number of aryl methyl sites for hydroxylation is 1. The maximum absolute atomic E-state index is 12.9. The third-order valence-electron chi connectivity index (χ3n) is 3.54. The molecule has 1 heterocycles. The number of rotatable bonds is 6. The number of carbonyl (C=O) groups is 1. The first-order valence-corrected chi connectivity index (χ1v) is 8.73. The van der Waals surface area contributed by atoms with Crippen molar-refractivity contribution in [1.82, 2.24) is 20.1 Å². The molecule has 7 heteroatoms. The van der Waals surface area contributed by atoms with Crippen molar-refractivity contribution in [3.05, 3.63) is 71.8 Å². The molecule has 2 aromatic carbocycles. The molecule has 5 nitrogen and oxygen atoms in total. The van der Waals surface area contributed by atoms with Gasteiger partial charge in [0.25, 0.3) is 0 Å². The van der Waals surface area contributed by atoms with Gasteiger partial charge in [0.05, 0.1) is 5.75 Å². The lowest BCUT2D eigenvalue weighted by Gasteiger charge is -2.08. The molecule has 0 aliphatic heterocycles. The molecule has 0 aliphatic rings. The minimum atomic E-state index is -0.291. The van der Waals surface area contributed by atoms with Gasteiger partial charge in [-0.15, -0.1) is 10.2 Å². The highest BCUT2D eigenvalue weighted by atomic mass is 32.2. The Morgan fingerprint density at radius 1 is 1.12 bits per heavy atom. The molecule has 128 valence electrons. The lowest BCUT2D eigenvalue weighted by atomic mass is 10.2. The summed E-state index contributed by atoms with van der Waals surface area (Å²) in [4.78, 5) is 12.0. The second-order valence-electron chi connectivity index (χ2n) is 5.39. The van der Waals surface area contributed by atoms with E-state index in [9.17, 15) is 9.18 Å². The van der Waals surface area contributed by atoms with Crippen LogP contribution in [0.2, 0.25) is 0 Å². The zero-order valence-electron chi connectivity index (χ0n) is 13.6. The lowest BCUT2D eigenvalue weighted by Crippen LogP contribution is -2.24. The number of nitrogens with one attached hydrogen (secondary N) is 1. The summed E-state index contributed by atoms with van der Waals surface area (Å²) in [5.41, 5.74) is 1.81. The number of para-hydroxylation sites is 1. The van der Waals surface area contributed by atoms with Crippen molar-refractivity contribution in [2.75, 3.05) is 5.75 Å². The SMILES string of the molecule is Cc1nnc(SCC(=O)NCc2ccc(F)cc2)n1-c1ccccc1. The van der Waals surface area contributed by atoms with E-state index in [1.165, 1.54) is 23.9 Å². The summed E-state index contributed by atoms with van der Waals surface area (Å²) < 4.78 is 14.8. The van der Waals surface area contributed by atoms with Crippen molar-refractivity contribution in [1.29, 1.82) is 0 Å². The number of nitrogens with zero attached hydrogens (tertiary/aromatic N) is 3. The van der Waals surface area contributed by atoms with E-state index < -0.39 is 0 Å². The molecule has 0 spiro atoms. The zero-order chi connectivity index (χ0) is 17.6. The topological polar surface area (TPSA) is 59.8 Å². The van der Waals surface area contributed by atoms with Gasteiger partial charge in [0.2, 0.25) is 5.91 Å². The van der Waals surface area contributed by atoms with Crippen LogP contribution in [0.4, 0.5) is 4.39 Å². The molecular weight excluding hydrogens is 339 g/mol. The molecule has 3 rings (SSSR count). The van der Waals surface area contributed by atoms with Crippen LogP contribution in [-0.4, -0.2) is 26.4 Å². The molecule has 0 saturated carbocycles. The van der Waals surface area contributed by atoms with Crippen LogP contribution in [-0.2, 0) is 11.3 Å². The van der Waals surface area contributed by atoms with Crippen molar-refractivity contribution in [2.45, 2.75) is 18.6 Å². The number of hydrogen-bond donors (Lipinski definition) is 1. The molecule has 1 amide bonds. The number of halogens is 1. The van der Waals surface area contributed by atoms with Crippen molar-refractivity contribution in [3.8, 4) is 5.69 Å². The van der Waals surface area contributed by atoms with Gasteiger partial charge in [0.1, 0.15) is 11.6 Å². The molecular formula is C18H17FN4OS. The van der Waals surface area contributed by atoms with E-state index in [-0.39, 0.29) is 17.5 Å². The van der Waals surface area contributed by atoms with E-state index in [4.69, 9.17) is 0 Å². The smallest absolute Gasteiger partial charge is 0.230 e. The minimum absolute atomic E-state index is 0.116. The highest BCUT2D eigenvalue weighted by molar-refractivity contribution is 7.99. The molecule has 0 atom stereocenters. The van der Waals surface area contributed by atoms with Gasteiger partial charge >= 0.3 is 0 Å². The van der Waals surface area contributed by atoms with Crippen LogP contribution in [0.3, 0.4) is 0 Å². The van der Waals surface area contributed by atoms with Crippen molar-refractivity contribution < 1.29 is 9.18 Å².